The first-order valence-corrected chi connectivity index (χ1v) is 6.88. The molecule has 2 heterocycles. The molecule has 0 saturated heterocycles. The lowest BCUT2D eigenvalue weighted by Gasteiger charge is -2.27. The average molecular weight is 302 g/mol. The number of hydrogen-bond acceptors (Lipinski definition) is 5. The highest BCUT2D eigenvalue weighted by molar-refractivity contribution is 5.78. The summed E-state index contributed by atoms with van der Waals surface area (Å²) in [5.41, 5.74) is 7.35. The van der Waals surface area contributed by atoms with Crippen LogP contribution in [0.25, 0.3) is 0 Å². The Kier molecular flexibility index (Phi) is 3.86. The van der Waals surface area contributed by atoms with Crippen molar-refractivity contribution in [3.63, 3.8) is 0 Å². The predicted octanol–water partition coefficient (Wildman–Crippen LogP) is 1.16. The van der Waals surface area contributed by atoms with Crippen molar-refractivity contribution in [1.82, 2.24) is 14.9 Å². The van der Waals surface area contributed by atoms with Crippen molar-refractivity contribution in [3.8, 4) is 5.75 Å². The highest BCUT2D eigenvalue weighted by Gasteiger charge is 2.22. The monoisotopic (exact) mass is 302 g/mol. The van der Waals surface area contributed by atoms with Gasteiger partial charge in [-0.15, -0.1) is 0 Å². The van der Waals surface area contributed by atoms with Crippen LogP contribution < -0.4 is 10.5 Å². The van der Waals surface area contributed by atoms with E-state index in [-0.39, 0.29) is 24.3 Å². The summed E-state index contributed by atoms with van der Waals surface area (Å²) in [6.45, 7) is 0.890. The van der Waals surface area contributed by atoms with Gasteiger partial charge in [0.25, 0.3) is 5.91 Å². The van der Waals surface area contributed by atoms with Gasteiger partial charge in [0.1, 0.15) is 11.6 Å². The molecule has 6 nitrogen and oxygen atoms in total. The molecule has 0 radical (unpaired) electrons. The van der Waals surface area contributed by atoms with Crippen LogP contribution in [0.4, 0.5) is 10.3 Å². The summed E-state index contributed by atoms with van der Waals surface area (Å²) in [4.78, 5) is 22.0. The highest BCUT2D eigenvalue weighted by Crippen LogP contribution is 2.17. The number of nitrogens with two attached hydrogens (primary N) is 1. The van der Waals surface area contributed by atoms with Gasteiger partial charge >= 0.3 is 0 Å². The molecule has 22 heavy (non-hydrogen) atoms. The molecule has 3 rings (SSSR count). The summed E-state index contributed by atoms with van der Waals surface area (Å²) in [5, 5.41) is 0. The number of carbonyl (C=O) groups excluding carboxylic acids is 1. The number of halogens is 1. The number of aromatic nitrogens is 2. The second kappa shape index (κ2) is 5.97. The largest absolute Gasteiger partial charge is 0.484 e. The van der Waals surface area contributed by atoms with Gasteiger partial charge in [0.15, 0.2) is 6.61 Å². The SMILES string of the molecule is Nc1ncc2c(n1)CN(C(=O)COc1ccc(F)cc1)CC2. The molecule has 7 heteroatoms. The number of nitrogens with zero attached hydrogens (tertiary/aromatic N) is 3. The van der Waals surface area contributed by atoms with E-state index in [0.717, 1.165) is 11.3 Å². The minimum Gasteiger partial charge on any atom is -0.484 e. The standard InChI is InChI=1S/C15H15FN4O2/c16-11-1-3-12(4-2-11)22-9-14(21)20-6-5-10-7-18-15(17)19-13(10)8-20/h1-4,7H,5-6,8-9H2,(H2,17,18,19). The number of fused-ring (bicyclic) bond motifs is 1. The topological polar surface area (TPSA) is 81.3 Å². The first-order chi connectivity index (χ1) is 10.6. The van der Waals surface area contributed by atoms with Crippen molar-refractivity contribution in [3.05, 3.63) is 47.5 Å². The molecule has 1 aromatic heterocycles. The van der Waals surface area contributed by atoms with Crippen LogP contribution in [-0.4, -0.2) is 33.9 Å². The van der Waals surface area contributed by atoms with Crippen LogP contribution in [0.3, 0.4) is 0 Å². The maximum atomic E-state index is 12.8. The first kappa shape index (κ1) is 14.2. The summed E-state index contributed by atoms with van der Waals surface area (Å²) in [6.07, 6.45) is 2.40. The van der Waals surface area contributed by atoms with E-state index in [2.05, 4.69) is 9.97 Å². The van der Waals surface area contributed by atoms with E-state index in [9.17, 15) is 9.18 Å². The van der Waals surface area contributed by atoms with Crippen molar-refractivity contribution in [2.24, 2.45) is 0 Å². The lowest BCUT2D eigenvalue weighted by Crippen LogP contribution is -2.39. The maximum absolute atomic E-state index is 12.8. The molecule has 1 aliphatic rings. The van der Waals surface area contributed by atoms with E-state index in [1.165, 1.54) is 24.3 Å². The fourth-order valence-electron chi connectivity index (χ4n) is 2.30. The Hall–Kier alpha value is -2.70. The Morgan fingerprint density at radius 2 is 2.14 bits per heavy atom. The van der Waals surface area contributed by atoms with Gasteiger partial charge in [0, 0.05) is 12.7 Å². The molecule has 0 atom stereocenters. The lowest BCUT2D eigenvalue weighted by atomic mass is 10.1. The average Bonchev–Trinajstić information content (AvgIpc) is 2.53. The molecule has 1 aromatic carbocycles. The Bertz CT molecular complexity index is 690. The Balaban J connectivity index is 1.60. The minimum atomic E-state index is -0.344. The van der Waals surface area contributed by atoms with Gasteiger partial charge in [-0.1, -0.05) is 0 Å². The number of rotatable bonds is 3. The zero-order valence-electron chi connectivity index (χ0n) is 11.8. The third kappa shape index (κ3) is 3.13. The van der Waals surface area contributed by atoms with Crippen molar-refractivity contribution in [2.45, 2.75) is 13.0 Å². The van der Waals surface area contributed by atoms with Gasteiger partial charge in [0.05, 0.1) is 12.2 Å². The van der Waals surface area contributed by atoms with Crippen molar-refractivity contribution >= 4 is 11.9 Å². The number of ether oxygens (including phenoxy) is 1. The third-order valence-corrected chi connectivity index (χ3v) is 3.49. The molecule has 0 spiro atoms. The molecule has 1 aliphatic heterocycles. The van der Waals surface area contributed by atoms with Gasteiger partial charge in [-0.25, -0.2) is 14.4 Å². The van der Waals surface area contributed by atoms with E-state index in [1.54, 1.807) is 11.1 Å². The lowest BCUT2D eigenvalue weighted by molar-refractivity contribution is -0.134. The van der Waals surface area contributed by atoms with E-state index >= 15 is 0 Å². The highest BCUT2D eigenvalue weighted by atomic mass is 19.1. The van der Waals surface area contributed by atoms with E-state index in [4.69, 9.17) is 10.5 Å². The normalized spacial score (nSPS) is 13.6. The molecule has 0 fully saturated rings. The number of amides is 1. The molecular formula is C15H15FN4O2. The van der Waals surface area contributed by atoms with Crippen molar-refractivity contribution < 1.29 is 13.9 Å². The van der Waals surface area contributed by atoms with Crippen LogP contribution in [-0.2, 0) is 17.8 Å². The van der Waals surface area contributed by atoms with Gasteiger partial charge in [-0.3, -0.25) is 4.79 Å². The van der Waals surface area contributed by atoms with Crippen molar-refractivity contribution in [2.75, 3.05) is 18.9 Å². The van der Waals surface area contributed by atoms with Gasteiger partial charge in [-0.05, 0) is 36.2 Å². The summed E-state index contributed by atoms with van der Waals surface area (Å²) in [7, 11) is 0. The number of benzene rings is 1. The van der Waals surface area contributed by atoms with Gasteiger partial charge < -0.3 is 15.4 Å². The van der Waals surface area contributed by atoms with Crippen LogP contribution in [0, 0.1) is 5.82 Å². The summed E-state index contributed by atoms with van der Waals surface area (Å²) < 4.78 is 18.2. The zero-order valence-corrected chi connectivity index (χ0v) is 11.8. The molecule has 0 bridgehead atoms. The number of carbonyl (C=O) groups is 1. The predicted molar refractivity (Wildman–Crippen MR) is 77.5 cm³/mol. The van der Waals surface area contributed by atoms with E-state index in [0.29, 0.717) is 25.3 Å². The van der Waals surface area contributed by atoms with Gasteiger partial charge in [0.2, 0.25) is 5.95 Å². The van der Waals surface area contributed by atoms with Crippen LogP contribution in [0.1, 0.15) is 11.3 Å². The molecule has 2 aromatic rings. The van der Waals surface area contributed by atoms with Gasteiger partial charge in [-0.2, -0.15) is 0 Å². The van der Waals surface area contributed by atoms with E-state index < -0.39 is 0 Å². The first-order valence-electron chi connectivity index (χ1n) is 6.88. The Labute approximate surface area is 126 Å². The summed E-state index contributed by atoms with van der Waals surface area (Å²) in [5.74, 6) is 0.171. The van der Waals surface area contributed by atoms with Crippen LogP contribution >= 0.6 is 0 Å². The molecule has 114 valence electrons. The molecule has 0 saturated carbocycles. The number of anilines is 1. The number of nitrogen functional groups attached to an aromatic ring is 1. The second-order valence-corrected chi connectivity index (χ2v) is 5.01. The fourth-order valence-corrected chi connectivity index (χ4v) is 2.30. The number of hydrogen-bond donors (Lipinski definition) is 1. The summed E-state index contributed by atoms with van der Waals surface area (Å²) >= 11 is 0. The smallest absolute Gasteiger partial charge is 0.260 e. The quantitative estimate of drug-likeness (QED) is 0.920. The minimum absolute atomic E-state index is 0.0957. The van der Waals surface area contributed by atoms with Crippen LogP contribution in [0.15, 0.2) is 30.5 Å². The van der Waals surface area contributed by atoms with Crippen LogP contribution in [0.2, 0.25) is 0 Å². The Morgan fingerprint density at radius 1 is 1.36 bits per heavy atom. The molecule has 0 aliphatic carbocycles. The third-order valence-electron chi connectivity index (χ3n) is 3.49. The maximum Gasteiger partial charge on any atom is 0.260 e. The molecule has 1 amide bonds. The van der Waals surface area contributed by atoms with E-state index in [1.807, 2.05) is 0 Å². The zero-order chi connectivity index (χ0) is 15.5. The summed E-state index contributed by atoms with van der Waals surface area (Å²) in [6, 6.07) is 5.55. The van der Waals surface area contributed by atoms with Crippen molar-refractivity contribution in [1.29, 1.82) is 0 Å². The molecular weight excluding hydrogens is 287 g/mol. The molecule has 0 unspecified atom stereocenters. The second-order valence-electron chi connectivity index (χ2n) is 5.01. The van der Waals surface area contributed by atoms with Crippen LogP contribution in [0.5, 0.6) is 5.75 Å². The Morgan fingerprint density at radius 3 is 2.91 bits per heavy atom. The fraction of sp³-hybridized carbons (Fsp3) is 0.267. The molecule has 2 N–H and O–H groups in total.